The van der Waals surface area contributed by atoms with Crippen LogP contribution in [0, 0.1) is 6.92 Å². The fourth-order valence-electron chi connectivity index (χ4n) is 2.21. The third-order valence-corrected chi connectivity index (χ3v) is 4.26. The van der Waals surface area contributed by atoms with Gasteiger partial charge in [-0.05, 0) is 32.0 Å². The number of aryl methyl sites for hydroxylation is 1. The van der Waals surface area contributed by atoms with Crippen molar-refractivity contribution in [3.63, 3.8) is 0 Å². The molecule has 1 N–H and O–H groups in total. The average Bonchev–Trinajstić information content (AvgIpc) is 2.67. The maximum atomic E-state index is 12.1. The second-order valence-corrected chi connectivity index (χ2v) is 6.07. The molecule has 0 saturated carbocycles. The average molecular weight is 278 g/mol. The van der Waals surface area contributed by atoms with E-state index >= 15 is 0 Å². The van der Waals surface area contributed by atoms with Crippen molar-refractivity contribution in [2.45, 2.75) is 24.7 Å². The Kier molecular flexibility index (Phi) is 5.73. The van der Waals surface area contributed by atoms with E-state index < -0.39 is 0 Å². The minimum absolute atomic E-state index is 0.295. The van der Waals surface area contributed by atoms with Crippen molar-refractivity contribution in [1.82, 2.24) is 10.2 Å². The van der Waals surface area contributed by atoms with Crippen molar-refractivity contribution in [1.29, 1.82) is 0 Å². The molecule has 0 spiro atoms. The second-order valence-electron chi connectivity index (χ2n) is 4.90. The van der Waals surface area contributed by atoms with Crippen LogP contribution in [0.4, 0.5) is 0 Å². The molecular weight excluding hydrogens is 256 g/mol. The summed E-state index contributed by atoms with van der Waals surface area (Å²) in [5.74, 6) is 1.16. The second kappa shape index (κ2) is 7.56. The Labute approximate surface area is 119 Å². The Morgan fingerprint density at radius 1 is 1.37 bits per heavy atom. The van der Waals surface area contributed by atoms with E-state index in [-0.39, 0.29) is 0 Å². The van der Waals surface area contributed by atoms with Crippen molar-refractivity contribution in [2.24, 2.45) is 0 Å². The molecule has 0 bridgehead atoms. The number of nitrogens with zero attached hydrogens (tertiary/aromatic N) is 1. The van der Waals surface area contributed by atoms with Crippen LogP contribution >= 0.6 is 11.8 Å². The standard InChI is InChI=1S/C15H22N2OS/c1-13-4-2-5-14(12-13)19-11-6-15(18)17-9-3-7-16-8-10-17/h2,4-5,12,16H,3,6-11H2,1H3. The van der Waals surface area contributed by atoms with Crippen LogP contribution in [-0.4, -0.2) is 42.7 Å². The summed E-state index contributed by atoms with van der Waals surface area (Å²) in [5, 5.41) is 3.32. The minimum atomic E-state index is 0.295. The molecule has 1 aromatic rings. The molecule has 1 heterocycles. The highest BCUT2D eigenvalue weighted by molar-refractivity contribution is 7.99. The van der Waals surface area contributed by atoms with Crippen molar-refractivity contribution in [3.05, 3.63) is 29.8 Å². The van der Waals surface area contributed by atoms with Gasteiger partial charge in [0.25, 0.3) is 0 Å². The zero-order valence-corrected chi connectivity index (χ0v) is 12.3. The molecule has 0 unspecified atom stereocenters. The highest BCUT2D eigenvalue weighted by Gasteiger charge is 2.14. The number of nitrogens with one attached hydrogen (secondary N) is 1. The molecule has 1 saturated heterocycles. The Bertz CT molecular complexity index is 414. The van der Waals surface area contributed by atoms with Gasteiger partial charge in [-0.1, -0.05) is 17.7 Å². The third-order valence-electron chi connectivity index (χ3n) is 3.27. The number of amides is 1. The smallest absolute Gasteiger partial charge is 0.223 e. The molecule has 19 heavy (non-hydrogen) atoms. The summed E-state index contributed by atoms with van der Waals surface area (Å²) in [7, 11) is 0. The summed E-state index contributed by atoms with van der Waals surface area (Å²) in [6, 6.07) is 8.45. The SMILES string of the molecule is Cc1cccc(SCCC(=O)N2CCCNCC2)c1. The molecule has 4 heteroatoms. The molecule has 3 nitrogen and oxygen atoms in total. The summed E-state index contributed by atoms with van der Waals surface area (Å²) in [5.41, 5.74) is 1.27. The van der Waals surface area contributed by atoms with Crippen LogP contribution in [0.5, 0.6) is 0 Å². The molecular formula is C15H22N2OS. The Morgan fingerprint density at radius 2 is 2.26 bits per heavy atom. The Balaban J connectivity index is 1.74. The van der Waals surface area contributed by atoms with E-state index in [4.69, 9.17) is 0 Å². The molecule has 2 rings (SSSR count). The molecule has 0 aliphatic carbocycles. The van der Waals surface area contributed by atoms with Crippen LogP contribution in [0.1, 0.15) is 18.4 Å². The van der Waals surface area contributed by atoms with E-state index in [0.29, 0.717) is 12.3 Å². The predicted octanol–water partition coefficient (Wildman–Crippen LogP) is 2.30. The summed E-state index contributed by atoms with van der Waals surface area (Å²) >= 11 is 1.77. The van der Waals surface area contributed by atoms with Crippen LogP contribution in [0.15, 0.2) is 29.2 Å². The van der Waals surface area contributed by atoms with Gasteiger partial charge in [0, 0.05) is 36.7 Å². The van der Waals surface area contributed by atoms with Gasteiger partial charge in [-0.2, -0.15) is 0 Å². The number of carbonyl (C=O) groups excluding carboxylic acids is 1. The molecule has 1 amide bonds. The maximum Gasteiger partial charge on any atom is 0.223 e. The van der Waals surface area contributed by atoms with Gasteiger partial charge in [-0.25, -0.2) is 0 Å². The monoisotopic (exact) mass is 278 g/mol. The van der Waals surface area contributed by atoms with Crippen LogP contribution < -0.4 is 5.32 Å². The lowest BCUT2D eigenvalue weighted by atomic mass is 10.2. The number of hydrogen-bond acceptors (Lipinski definition) is 3. The van der Waals surface area contributed by atoms with Gasteiger partial charge < -0.3 is 10.2 Å². The van der Waals surface area contributed by atoms with E-state index in [1.165, 1.54) is 10.5 Å². The van der Waals surface area contributed by atoms with Crippen molar-refractivity contribution in [3.8, 4) is 0 Å². The van der Waals surface area contributed by atoms with Crippen LogP contribution in [0.25, 0.3) is 0 Å². The fraction of sp³-hybridized carbons (Fsp3) is 0.533. The van der Waals surface area contributed by atoms with E-state index in [2.05, 4.69) is 36.5 Å². The van der Waals surface area contributed by atoms with E-state index in [9.17, 15) is 4.79 Å². The molecule has 1 aromatic carbocycles. The van der Waals surface area contributed by atoms with Gasteiger partial charge in [0.05, 0.1) is 0 Å². The van der Waals surface area contributed by atoms with Gasteiger partial charge in [-0.3, -0.25) is 4.79 Å². The van der Waals surface area contributed by atoms with Gasteiger partial charge in [0.1, 0.15) is 0 Å². The van der Waals surface area contributed by atoms with Crippen LogP contribution in [0.2, 0.25) is 0 Å². The zero-order valence-electron chi connectivity index (χ0n) is 11.5. The molecule has 0 aromatic heterocycles. The first-order valence-corrected chi connectivity index (χ1v) is 7.92. The number of carbonyl (C=O) groups is 1. The van der Waals surface area contributed by atoms with Crippen molar-refractivity contribution < 1.29 is 4.79 Å². The topological polar surface area (TPSA) is 32.3 Å². The Morgan fingerprint density at radius 3 is 3.11 bits per heavy atom. The first kappa shape index (κ1) is 14.4. The molecule has 1 fully saturated rings. The summed E-state index contributed by atoms with van der Waals surface area (Å²) < 4.78 is 0. The van der Waals surface area contributed by atoms with E-state index in [1.807, 2.05) is 4.90 Å². The molecule has 1 aliphatic heterocycles. The van der Waals surface area contributed by atoms with E-state index in [1.54, 1.807) is 11.8 Å². The number of hydrogen-bond donors (Lipinski definition) is 1. The Hall–Kier alpha value is -1.00. The zero-order chi connectivity index (χ0) is 13.5. The summed E-state index contributed by atoms with van der Waals surface area (Å²) in [4.78, 5) is 15.3. The lowest BCUT2D eigenvalue weighted by Crippen LogP contribution is -2.34. The lowest BCUT2D eigenvalue weighted by Gasteiger charge is -2.19. The van der Waals surface area contributed by atoms with Gasteiger partial charge >= 0.3 is 0 Å². The van der Waals surface area contributed by atoms with Gasteiger partial charge in [0.2, 0.25) is 5.91 Å². The van der Waals surface area contributed by atoms with Gasteiger partial charge in [-0.15, -0.1) is 11.8 Å². The summed E-state index contributed by atoms with van der Waals surface area (Å²) in [6.45, 7) is 5.81. The number of thioether (sulfide) groups is 1. The number of benzene rings is 1. The highest BCUT2D eigenvalue weighted by atomic mass is 32.2. The molecule has 0 atom stereocenters. The van der Waals surface area contributed by atoms with Gasteiger partial charge in [0.15, 0.2) is 0 Å². The molecule has 1 aliphatic rings. The van der Waals surface area contributed by atoms with Crippen LogP contribution in [0.3, 0.4) is 0 Å². The van der Waals surface area contributed by atoms with Crippen LogP contribution in [-0.2, 0) is 4.79 Å². The third kappa shape index (κ3) is 4.88. The highest BCUT2D eigenvalue weighted by Crippen LogP contribution is 2.20. The minimum Gasteiger partial charge on any atom is -0.341 e. The predicted molar refractivity (Wildman–Crippen MR) is 80.6 cm³/mol. The normalized spacial score (nSPS) is 16.2. The van der Waals surface area contributed by atoms with E-state index in [0.717, 1.165) is 38.4 Å². The molecule has 0 radical (unpaired) electrons. The quantitative estimate of drug-likeness (QED) is 0.858. The first-order valence-electron chi connectivity index (χ1n) is 6.94. The summed E-state index contributed by atoms with van der Waals surface area (Å²) in [6.07, 6.45) is 1.70. The first-order chi connectivity index (χ1) is 9.25. The maximum absolute atomic E-state index is 12.1. The van der Waals surface area contributed by atoms with Crippen molar-refractivity contribution in [2.75, 3.05) is 31.9 Å². The lowest BCUT2D eigenvalue weighted by molar-refractivity contribution is -0.130. The fourth-order valence-corrected chi connectivity index (χ4v) is 3.17. The number of rotatable bonds is 4. The largest absolute Gasteiger partial charge is 0.341 e. The molecule has 104 valence electrons. The van der Waals surface area contributed by atoms with Crippen molar-refractivity contribution >= 4 is 17.7 Å².